The van der Waals surface area contributed by atoms with Crippen molar-refractivity contribution in [3.63, 3.8) is 0 Å². The molecule has 0 fully saturated rings. The Morgan fingerprint density at radius 2 is 1.67 bits per heavy atom. The van der Waals surface area contributed by atoms with Crippen LogP contribution in [0.3, 0.4) is 0 Å². The molecule has 0 bridgehead atoms. The van der Waals surface area contributed by atoms with Gasteiger partial charge in [0.05, 0.1) is 0 Å². The van der Waals surface area contributed by atoms with E-state index in [1.54, 1.807) is 0 Å². The number of sulfonamides is 1. The number of para-hydroxylation sites is 1. The van der Waals surface area contributed by atoms with Crippen LogP contribution in [-0.4, -0.2) is 20.1 Å². The fraction of sp³-hybridized carbons (Fsp3) is 0.0769. The number of halogens is 2. The number of aromatic hydroxyl groups is 1. The summed E-state index contributed by atoms with van der Waals surface area (Å²) in [5.74, 6) is -0.474. The maximum Gasteiger partial charge on any atom is 0.387 e. The van der Waals surface area contributed by atoms with Gasteiger partial charge in [0.1, 0.15) is 16.4 Å². The van der Waals surface area contributed by atoms with Crippen LogP contribution >= 0.6 is 0 Å². The molecule has 2 aromatic carbocycles. The van der Waals surface area contributed by atoms with Crippen molar-refractivity contribution in [3.8, 4) is 11.5 Å². The highest BCUT2D eigenvalue weighted by Crippen LogP contribution is 2.25. The van der Waals surface area contributed by atoms with Crippen molar-refractivity contribution in [2.24, 2.45) is 0 Å². The Balaban J connectivity index is 2.19. The summed E-state index contributed by atoms with van der Waals surface area (Å²) >= 11 is 0. The van der Waals surface area contributed by atoms with Gasteiger partial charge in [-0.25, -0.2) is 8.42 Å². The van der Waals surface area contributed by atoms with Crippen LogP contribution in [0.25, 0.3) is 0 Å². The molecule has 0 heterocycles. The molecule has 112 valence electrons. The number of phenols is 1. The number of phenolic OH excluding ortho intramolecular Hbond substituents is 1. The Labute approximate surface area is 119 Å². The third-order valence-electron chi connectivity index (χ3n) is 2.49. The zero-order valence-electron chi connectivity index (χ0n) is 10.5. The van der Waals surface area contributed by atoms with Crippen molar-refractivity contribution >= 4 is 15.7 Å². The molecule has 0 saturated heterocycles. The van der Waals surface area contributed by atoms with Crippen molar-refractivity contribution in [1.29, 1.82) is 0 Å². The summed E-state index contributed by atoms with van der Waals surface area (Å²) in [6.07, 6.45) is 0. The van der Waals surface area contributed by atoms with Crippen molar-refractivity contribution in [2.45, 2.75) is 11.5 Å². The Hall–Kier alpha value is -2.35. The SMILES string of the molecule is O=S(=O)(Nc1ccc(OC(F)F)cc1)c1ccccc1O. The lowest BCUT2D eigenvalue weighted by Crippen LogP contribution is -2.13. The Morgan fingerprint density at radius 1 is 1.05 bits per heavy atom. The van der Waals surface area contributed by atoms with Crippen molar-refractivity contribution in [1.82, 2.24) is 0 Å². The maximum absolute atomic E-state index is 12.1. The second-order valence-corrected chi connectivity index (χ2v) is 5.63. The molecule has 2 rings (SSSR count). The molecule has 0 aliphatic rings. The first kappa shape index (κ1) is 15.0. The summed E-state index contributed by atoms with van der Waals surface area (Å²) < 4.78 is 54.5. The Bertz CT molecular complexity index is 717. The van der Waals surface area contributed by atoms with Crippen molar-refractivity contribution in [2.75, 3.05) is 4.72 Å². The van der Waals surface area contributed by atoms with Gasteiger partial charge < -0.3 is 9.84 Å². The van der Waals surface area contributed by atoms with Gasteiger partial charge in [0.15, 0.2) is 0 Å². The lowest BCUT2D eigenvalue weighted by atomic mass is 10.3. The lowest BCUT2D eigenvalue weighted by Gasteiger charge is -2.10. The van der Waals surface area contributed by atoms with Crippen LogP contribution < -0.4 is 9.46 Å². The molecule has 21 heavy (non-hydrogen) atoms. The van der Waals surface area contributed by atoms with Gasteiger partial charge in [0.25, 0.3) is 10.0 Å². The molecular weight excluding hydrogens is 304 g/mol. The molecule has 0 radical (unpaired) electrons. The predicted molar refractivity (Wildman–Crippen MR) is 72.0 cm³/mol. The molecule has 0 saturated carbocycles. The van der Waals surface area contributed by atoms with Crippen LogP contribution in [0.2, 0.25) is 0 Å². The summed E-state index contributed by atoms with van der Waals surface area (Å²) in [7, 11) is -3.97. The van der Waals surface area contributed by atoms with E-state index in [4.69, 9.17) is 0 Å². The van der Waals surface area contributed by atoms with Crippen LogP contribution in [0.5, 0.6) is 11.5 Å². The van der Waals surface area contributed by atoms with E-state index in [9.17, 15) is 22.3 Å². The number of ether oxygens (including phenoxy) is 1. The van der Waals surface area contributed by atoms with Crippen LogP contribution in [-0.2, 0) is 10.0 Å². The van der Waals surface area contributed by atoms with Gasteiger partial charge in [0, 0.05) is 5.69 Å². The summed E-state index contributed by atoms with van der Waals surface area (Å²) in [4.78, 5) is -0.280. The van der Waals surface area contributed by atoms with Gasteiger partial charge in [-0.2, -0.15) is 8.78 Å². The molecule has 0 atom stereocenters. The molecule has 0 aliphatic carbocycles. The molecule has 0 aromatic heterocycles. The Morgan fingerprint density at radius 3 is 2.24 bits per heavy atom. The normalized spacial score (nSPS) is 11.4. The van der Waals surface area contributed by atoms with Gasteiger partial charge in [-0.05, 0) is 36.4 Å². The lowest BCUT2D eigenvalue weighted by molar-refractivity contribution is -0.0498. The van der Waals surface area contributed by atoms with Crippen LogP contribution in [0.4, 0.5) is 14.5 Å². The average molecular weight is 315 g/mol. The molecular formula is C13H11F2NO4S. The van der Waals surface area contributed by atoms with Gasteiger partial charge >= 0.3 is 6.61 Å². The quantitative estimate of drug-likeness (QED) is 0.889. The second kappa shape index (κ2) is 5.96. The smallest absolute Gasteiger partial charge is 0.387 e. The topological polar surface area (TPSA) is 75.6 Å². The first-order valence-corrected chi connectivity index (χ1v) is 7.22. The minimum Gasteiger partial charge on any atom is -0.507 e. The largest absolute Gasteiger partial charge is 0.507 e. The van der Waals surface area contributed by atoms with Gasteiger partial charge in [-0.1, -0.05) is 12.1 Å². The minimum absolute atomic E-state index is 0.0875. The number of alkyl halides is 2. The third-order valence-corrected chi connectivity index (χ3v) is 3.92. The Kier molecular flexibility index (Phi) is 4.27. The first-order chi connectivity index (χ1) is 9.88. The van der Waals surface area contributed by atoms with Gasteiger partial charge in [0.2, 0.25) is 0 Å². The maximum atomic E-state index is 12.1. The van der Waals surface area contributed by atoms with Gasteiger partial charge in [-0.15, -0.1) is 0 Å². The molecule has 5 nitrogen and oxygen atoms in total. The third kappa shape index (κ3) is 3.82. The summed E-state index contributed by atoms with van der Waals surface area (Å²) in [6.45, 7) is -2.95. The van der Waals surface area contributed by atoms with E-state index in [1.165, 1.54) is 48.5 Å². The second-order valence-electron chi connectivity index (χ2n) is 3.98. The van der Waals surface area contributed by atoms with Crippen molar-refractivity contribution < 1.29 is 27.0 Å². The van der Waals surface area contributed by atoms with Crippen molar-refractivity contribution in [3.05, 3.63) is 48.5 Å². The van der Waals surface area contributed by atoms with E-state index in [0.29, 0.717) is 0 Å². The van der Waals surface area contributed by atoms with E-state index in [0.717, 1.165) is 0 Å². The monoisotopic (exact) mass is 315 g/mol. The van der Waals surface area contributed by atoms with E-state index < -0.39 is 16.6 Å². The van der Waals surface area contributed by atoms with E-state index >= 15 is 0 Å². The molecule has 2 N–H and O–H groups in total. The number of anilines is 1. The molecule has 0 aliphatic heterocycles. The summed E-state index contributed by atoms with van der Waals surface area (Å²) in [6, 6.07) is 10.4. The highest BCUT2D eigenvalue weighted by molar-refractivity contribution is 7.92. The first-order valence-electron chi connectivity index (χ1n) is 5.74. The van der Waals surface area contributed by atoms with E-state index in [2.05, 4.69) is 9.46 Å². The summed E-state index contributed by atoms with van der Waals surface area (Å²) in [5.41, 5.74) is 0.153. The molecule has 2 aromatic rings. The molecule has 0 amide bonds. The fourth-order valence-corrected chi connectivity index (χ4v) is 2.76. The molecule has 0 unspecified atom stereocenters. The zero-order chi connectivity index (χ0) is 15.5. The summed E-state index contributed by atoms with van der Waals surface area (Å²) in [5, 5.41) is 9.54. The molecule has 8 heteroatoms. The van der Waals surface area contributed by atoms with Crippen LogP contribution in [0.15, 0.2) is 53.4 Å². The standard InChI is InChI=1S/C13H11F2NO4S/c14-13(15)20-10-7-5-9(6-8-10)16-21(18,19)12-4-2-1-3-11(12)17/h1-8,13,16-17H. The highest BCUT2D eigenvalue weighted by atomic mass is 32.2. The van der Waals surface area contributed by atoms with E-state index in [1.807, 2.05) is 0 Å². The zero-order valence-corrected chi connectivity index (χ0v) is 11.3. The number of benzene rings is 2. The van der Waals surface area contributed by atoms with Crippen LogP contribution in [0.1, 0.15) is 0 Å². The predicted octanol–water partition coefficient (Wildman–Crippen LogP) is 2.79. The van der Waals surface area contributed by atoms with Crippen LogP contribution in [0, 0.1) is 0 Å². The number of hydrogen-bond acceptors (Lipinski definition) is 4. The number of rotatable bonds is 5. The molecule has 0 spiro atoms. The number of nitrogens with one attached hydrogen (secondary N) is 1. The van der Waals surface area contributed by atoms with Gasteiger partial charge in [-0.3, -0.25) is 4.72 Å². The van der Waals surface area contributed by atoms with E-state index in [-0.39, 0.29) is 22.1 Å². The number of hydrogen-bond donors (Lipinski definition) is 2. The average Bonchev–Trinajstić information content (AvgIpc) is 2.40. The fourth-order valence-electron chi connectivity index (χ4n) is 1.60. The highest BCUT2D eigenvalue weighted by Gasteiger charge is 2.18. The minimum atomic E-state index is -3.97.